The summed E-state index contributed by atoms with van der Waals surface area (Å²) in [5.74, 6) is 3.37. The summed E-state index contributed by atoms with van der Waals surface area (Å²) in [6, 6.07) is 75.1. The molecule has 0 bridgehead atoms. The van der Waals surface area contributed by atoms with Gasteiger partial charge in [0, 0.05) is 65.9 Å². The SMILES string of the molecule is c1cc2c3c(c1)N(c1ccc4ccccc4c1)c1cc4ccccc4cc1B3c1cc3c(cc1O2)oc1cc2c(cc13)B1c3sc4ccccc4c3N(c3cccc4ccccc34)c3cccc(c31)O2. The second-order valence-electron chi connectivity index (χ2n) is 19.1. The molecule has 0 amide bonds. The van der Waals surface area contributed by atoms with Crippen LogP contribution >= 0.6 is 11.3 Å². The summed E-state index contributed by atoms with van der Waals surface area (Å²) in [6.45, 7) is -0.145. The smallest absolute Gasteiger partial charge is 0.268 e. The van der Waals surface area contributed by atoms with Gasteiger partial charge in [-0.1, -0.05) is 140 Å². The van der Waals surface area contributed by atoms with Crippen molar-refractivity contribution in [3.8, 4) is 23.0 Å². The molecule has 0 fully saturated rings. The van der Waals surface area contributed by atoms with E-state index in [2.05, 4.69) is 216 Å². The zero-order valence-electron chi connectivity index (χ0n) is 37.3. The molecule has 0 saturated heterocycles. The number of thiophene rings is 1. The Labute approximate surface area is 406 Å². The van der Waals surface area contributed by atoms with Gasteiger partial charge in [0.2, 0.25) is 0 Å². The standard InChI is InChI=1S/C62H34B2N2O3S/c1-2-14-37-28-40(27-26-35(37)12-1)65-49-21-10-23-52-59(49)63(45-29-38-15-3-4-16-39(38)30-51(45)65)46-31-43-44-32-47-57(34-55(44)69-54(43)33-56(46)67-52)68-53-24-11-22-50-60(53)64(47)62-61(42-19-7-8-25-58(42)70-62)66(50)48-20-9-17-36-13-5-6-18-41(36)48/h1-34H. The Morgan fingerprint density at radius 2 is 0.929 bits per heavy atom. The van der Waals surface area contributed by atoms with E-state index in [0.29, 0.717) is 0 Å². The monoisotopic (exact) mass is 908 g/mol. The molecule has 0 N–H and O–H groups in total. The molecule has 0 saturated carbocycles. The first-order valence-corrected chi connectivity index (χ1v) is 24.8. The van der Waals surface area contributed by atoms with Crippen LogP contribution in [-0.2, 0) is 0 Å². The number of benzene rings is 11. The Morgan fingerprint density at radius 3 is 1.69 bits per heavy atom. The molecule has 13 aromatic rings. The molecule has 17 rings (SSSR count). The van der Waals surface area contributed by atoms with Gasteiger partial charge in [0.1, 0.15) is 34.2 Å². The zero-order valence-corrected chi connectivity index (χ0v) is 38.1. The maximum atomic E-state index is 7.02. The van der Waals surface area contributed by atoms with Gasteiger partial charge >= 0.3 is 0 Å². The second kappa shape index (κ2) is 13.5. The van der Waals surface area contributed by atoms with E-state index in [0.717, 1.165) is 78.6 Å². The maximum Gasteiger partial charge on any atom is 0.268 e. The summed E-state index contributed by atoms with van der Waals surface area (Å²) in [7, 11) is 0. The lowest BCUT2D eigenvalue weighted by molar-refractivity contribution is 0.486. The second-order valence-corrected chi connectivity index (χ2v) is 20.2. The van der Waals surface area contributed by atoms with Gasteiger partial charge in [0.25, 0.3) is 13.4 Å². The first-order chi connectivity index (χ1) is 34.7. The number of rotatable bonds is 2. The zero-order chi connectivity index (χ0) is 45.3. The largest absolute Gasteiger partial charge is 0.458 e. The minimum absolute atomic E-state index is 0.0575. The van der Waals surface area contributed by atoms with E-state index in [1.807, 2.05) is 11.3 Å². The minimum atomic E-state index is -0.0875. The third kappa shape index (κ3) is 4.92. The molecule has 6 heterocycles. The van der Waals surface area contributed by atoms with Gasteiger partial charge in [-0.2, -0.15) is 0 Å². The lowest BCUT2D eigenvalue weighted by Crippen LogP contribution is -2.59. The van der Waals surface area contributed by atoms with Gasteiger partial charge in [0.15, 0.2) is 0 Å². The lowest BCUT2D eigenvalue weighted by atomic mass is 9.34. The molecule has 322 valence electrons. The van der Waals surface area contributed by atoms with E-state index < -0.39 is 0 Å². The van der Waals surface area contributed by atoms with Crippen molar-refractivity contribution in [3.05, 3.63) is 206 Å². The topological polar surface area (TPSA) is 38.1 Å². The summed E-state index contributed by atoms with van der Waals surface area (Å²) in [4.78, 5) is 4.94. The van der Waals surface area contributed by atoms with Crippen LogP contribution in [0, 0.1) is 0 Å². The van der Waals surface area contributed by atoms with Gasteiger partial charge in [-0.25, -0.2) is 0 Å². The van der Waals surface area contributed by atoms with Gasteiger partial charge in [-0.3, -0.25) is 0 Å². The van der Waals surface area contributed by atoms with Crippen molar-refractivity contribution in [2.24, 2.45) is 0 Å². The van der Waals surface area contributed by atoms with Crippen molar-refractivity contribution in [3.63, 3.8) is 0 Å². The van der Waals surface area contributed by atoms with Crippen LogP contribution < -0.4 is 51.4 Å². The van der Waals surface area contributed by atoms with E-state index in [-0.39, 0.29) is 13.4 Å². The fourth-order valence-corrected chi connectivity index (χ4v) is 13.8. The Bertz CT molecular complexity index is 4500. The lowest BCUT2D eigenvalue weighted by Gasteiger charge is -2.40. The number of hydrogen-bond acceptors (Lipinski definition) is 6. The van der Waals surface area contributed by atoms with E-state index in [1.54, 1.807) is 0 Å². The minimum Gasteiger partial charge on any atom is -0.458 e. The number of ether oxygens (including phenoxy) is 2. The van der Waals surface area contributed by atoms with Gasteiger partial charge in [-0.15, -0.1) is 11.3 Å². The van der Waals surface area contributed by atoms with E-state index in [9.17, 15) is 0 Å². The molecule has 0 aliphatic carbocycles. The van der Waals surface area contributed by atoms with Crippen LogP contribution in [-0.4, -0.2) is 13.4 Å². The van der Waals surface area contributed by atoms with Crippen LogP contribution in [0.4, 0.5) is 34.1 Å². The van der Waals surface area contributed by atoms with Crippen LogP contribution in [0.1, 0.15) is 0 Å². The van der Waals surface area contributed by atoms with Crippen molar-refractivity contribution in [1.82, 2.24) is 0 Å². The normalized spacial score (nSPS) is 13.8. The Balaban J connectivity index is 0.883. The van der Waals surface area contributed by atoms with Crippen LogP contribution in [0.5, 0.6) is 23.0 Å². The van der Waals surface area contributed by atoms with Crippen molar-refractivity contribution < 1.29 is 13.9 Å². The fourth-order valence-electron chi connectivity index (χ4n) is 12.5. The highest BCUT2D eigenvalue weighted by Crippen LogP contribution is 2.49. The summed E-state index contributed by atoms with van der Waals surface area (Å²) < 4.78 is 23.5. The Kier molecular flexibility index (Phi) is 7.19. The summed E-state index contributed by atoms with van der Waals surface area (Å²) in [6.07, 6.45) is 0. The molecule has 0 atom stereocenters. The predicted octanol–water partition coefficient (Wildman–Crippen LogP) is 13.1. The first kappa shape index (κ1) is 37.3. The molecule has 70 heavy (non-hydrogen) atoms. The van der Waals surface area contributed by atoms with Crippen molar-refractivity contribution >= 4 is 155 Å². The maximum absolute atomic E-state index is 7.02. The van der Waals surface area contributed by atoms with E-state index in [1.165, 1.54) is 74.9 Å². The number of hydrogen-bond donors (Lipinski definition) is 0. The molecule has 2 aromatic heterocycles. The quantitative estimate of drug-likeness (QED) is 0.162. The van der Waals surface area contributed by atoms with E-state index in [4.69, 9.17) is 13.9 Å². The molecular weight excluding hydrogens is 874 g/mol. The molecule has 0 spiro atoms. The highest BCUT2D eigenvalue weighted by Gasteiger charge is 2.46. The van der Waals surface area contributed by atoms with Crippen molar-refractivity contribution in [2.75, 3.05) is 9.80 Å². The molecule has 11 aromatic carbocycles. The molecule has 8 heteroatoms. The predicted molar refractivity (Wildman–Crippen MR) is 293 cm³/mol. The summed E-state index contributed by atoms with van der Waals surface area (Å²) in [5, 5.41) is 10.6. The van der Waals surface area contributed by atoms with Crippen LogP contribution in [0.3, 0.4) is 0 Å². The molecule has 0 unspecified atom stereocenters. The van der Waals surface area contributed by atoms with Crippen LogP contribution in [0.2, 0.25) is 0 Å². The van der Waals surface area contributed by atoms with Crippen LogP contribution in [0.15, 0.2) is 211 Å². The summed E-state index contributed by atoms with van der Waals surface area (Å²) in [5.41, 5.74) is 14.4. The Morgan fingerprint density at radius 1 is 0.357 bits per heavy atom. The van der Waals surface area contributed by atoms with Gasteiger partial charge in [-0.05, 0) is 109 Å². The highest BCUT2D eigenvalue weighted by atomic mass is 32.1. The fraction of sp³-hybridized carbons (Fsp3) is 0. The van der Waals surface area contributed by atoms with Crippen molar-refractivity contribution in [1.29, 1.82) is 0 Å². The molecule has 0 radical (unpaired) electrons. The first-order valence-electron chi connectivity index (χ1n) is 24.0. The average molecular weight is 909 g/mol. The highest BCUT2D eigenvalue weighted by molar-refractivity contribution is 7.33. The Hall–Kier alpha value is -8.71. The molecule has 4 aliphatic rings. The number of anilines is 6. The number of nitrogens with zero attached hydrogens (tertiary/aromatic N) is 2. The summed E-state index contributed by atoms with van der Waals surface area (Å²) >= 11 is 1.89. The third-order valence-corrected chi connectivity index (χ3v) is 16.7. The number of fused-ring (bicyclic) bond motifs is 16. The van der Waals surface area contributed by atoms with Crippen LogP contribution in [0.25, 0.3) is 64.3 Å². The third-order valence-electron chi connectivity index (χ3n) is 15.5. The average Bonchev–Trinajstić information content (AvgIpc) is 3.96. The molecular formula is C62H34B2N2O3S. The van der Waals surface area contributed by atoms with Gasteiger partial charge < -0.3 is 23.7 Å². The molecule has 4 aliphatic heterocycles. The van der Waals surface area contributed by atoms with Crippen molar-refractivity contribution in [2.45, 2.75) is 0 Å². The van der Waals surface area contributed by atoms with Gasteiger partial charge in [0.05, 0.1) is 11.4 Å². The molecule has 5 nitrogen and oxygen atoms in total. The number of furan rings is 1. The van der Waals surface area contributed by atoms with E-state index >= 15 is 0 Å².